The fraction of sp³-hybridized carbons (Fsp3) is 0.333. The average molecular weight is 330 g/mol. The molecule has 0 aliphatic rings. The molecular formula is C12H16ClN5O2S. The van der Waals surface area contributed by atoms with E-state index >= 15 is 0 Å². The number of benzene rings is 1. The molecule has 9 heteroatoms. The Morgan fingerprint density at radius 3 is 2.71 bits per heavy atom. The lowest BCUT2D eigenvalue weighted by Crippen LogP contribution is -2.26. The van der Waals surface area contributed by atoms with Crippen LogP contribution in [0.15, 0.2) is 23.4 Å². The molecule has 2 rings (SSSR count). The maximum Gasteiger partial charge on any atom is 0.240 e. The van der Waals surface area contributed by atoms with Crippen molar-refractivity contribution in [2.75, 3.05) is 12.3 Å². The van der Waals surface area contributed by atoms with Crippen LogP contribution in [-0.2, 0) is 23.5 Å². The molecule has 7 nitrogen and oxygen atoms in total. The molecule has 2 aromatic rings. The number of aromatic nitrogens is 3. The third-order valence-corrected chi connectivity index (χ3v) is 4.95. The Kier molecular flexibility index (Phi) is 4.50. The summed E-state index contributed by atoms with van der Waals surface area (Å²) in [6.07, 6.45) is 2.00. The van der Waals surface area contributed by atoms with Crippen molar-refractivity contribution in [3.8, 4) is 0 Å². The van der Waals surface area contributed by atoms with E-state index in [1.54, 1.807) is 24.9 Å². The quantitative estimate of drug-likeness (QED) is 0.793. The zero-order valence-electron chi connectivity index (χ0n) is 11.7. The van der Waals surface area contributed by atoms with Crippen molar-refractivity contribution in [1.29, 1.82) is 0 Å². The average Bonchev–Trinajstić information content (AvgIpc) is 2.81. The number of nitrogens with zero attached hydrogens (tertiary/aromatic N) is 3. The Morgan fingerprint density at radius 2 is 2.14 bits per heavy atom. The largest absolute Gasteiger partial charge is 0.398 e. The molecule has 0 radical (unpaired) electrons. The fourth-order valence-corrected chi connectivity index (χ4v) is 3.13. The van der Waals surface area contributed by atoms with E-state index in [1.807, 2.05) is 0 Å². The van der Waals surface area contributed by atoms with Gasteiger partial charge in [0.15, 0.2) is 0 Å². The number of anilines is 1. The number of hydrogen-bond acceptors (Lipinski definition) is 5. The SMILES string of the molecule is Cc1c(N)cc(S(=O)(=O)NCCc2nncn2C)cc1Cl. The number of rotatable bonds is 5. The van der Waals surface area contributed by atoms with E-state index < -0.39 is 10.0 Å². The third kappa shape index (κ3) is 3.52. The van der Waals surface area contributed by atoms with Crippen molar-refractivity contribution in [3.63, 3.8) is 0 Å². The molecule has 21 heavy (non-hydrogen) atoms. The summed E-state index contributed by atoms with van der Waals surface area (Å²) in [6.45, 7) is 1.94. The maximum atomic E-state index is 12.2. The predicted octanol–water partition coefficient (Wildman–Crippen LogP) is 0.880. The van der Waals surface area contributed by atoms with Crippen LogP contribution in [0.1, 0.15) is 11.4 Å². The highest BCUT2D eigenvalue weighted by atomic mass is 35.5. The highest BCUT2D eigenvalue weighted by Gasteiger charge is 2.16. The molecule has 0 saturated heterocycles. The van der Waals surface area contributed by atoms with E-state index in [0.29, 0.717) is 28.5 Å². The fourth-order valence-electron chi connectivity index (χ4n) is 1.74. The first-order chi connectivity index (χ1) is 9.81. The van der Waals surface area contributed by atoms with Crippen LogP contribution in [0.2, 0.25) is 5.02 Å². The van der Waals surface area contributed by atoms with Gasteiger partial charge >= 0.3 is 0 Å². The van der Waals surface area contributed by atoms with Crippen LogP contribution in [0.3, 0.4) is 0 Å². The molecule has 1 aromatic carbocycles. The highest BCUT2D eigenvalue weighted by molar-refractivity contribution is 7.89. The summed E-state index contributed by atoms with van der Waals surface area (Å²) in [4.78, 5) is 0.0496. The Labute approximate surface area is 128 Å². The lowest BCUT2D eigenvalue weighted by atomic mass is 10.2. The summed E-state index contributed by atoms with van der Waals surface area (Å²) < 4.78 is 28.6. The molecule has 0 atom stereocenters. The first-order valence-corrected chi connectivity index (χ1v) is 8.05. The molecule has 0 bridgehead atoms. The maximum absolute atomic E-state index is 12.2. The molecule has 0 saturated carbocycles. The van der Waals surface area contributed by atoms with Gasteiger partial charge in [-0.25, -0.2) is 13.1 Å². The molecule has 0 amide bonds. The second-order valence-electron chi connectivity index (χ2n) is 4.63. The van der Waals surface area contributed by atoms with Crippen LogP contribution in [0.25, 0.3) is 0 Å². The van der Waals surface area contributed by atoms with E-state index in [2.05, 4.69) is 14.9 Å². The smallest absolute Gasteiger partial charge is 0.240 e. The second-order valence-corrected chi connectivity index (χ2v) is 6.80. The summed E-state index contributed by atoms with van der Waals surface area (Å²) in [6, 6.07) is 2.78. The van der Waals surface area contributed by atoms with Gasteiger partial charge in [0, 0.05) is 30.7 Å². The van der Waals surface area contributed by atoms with Crippen LogP contribution in [-0.4, -0.2) is 29.7 Å². The van der Waals surface area contributed by atoms with Crippen molar-refractivity contribution in [3.05, 3.63) is 34.9 Å². The van der Waals surface area contributed by atoms with Gasteiger partial charge in [-0.3, -0.25) is 0 Å². The lowest BCUT2D eigenvalue weighted by molar-refractivity contribution is 0.580. The molecule has 0 aliphatic heterocycles. The number of aryl methyl sites for hydroxylation is 1. The van der Waals surface area contributed by atoms with Gasteiger partial charge in [-0.05, 0) is 24.6 Å². The van der Waals surface area contributed by atoms with Crippen LogP contribution in [0.4, 0.5) is 5.69 Å². The third-order valence-electron chi connectivity index (χ3n) is 3.11. The normalized spacial score (nSPS) is 11.8. The number of sulfonamides is 1. The second kappa shape index (κ2) is 6.00. The van der Waals surface area contributed by atoms with Gasteiger partial charge in [-0.2, -0.15) is 0 Å². The number of nitrogens with one attached hydrogen (secondary N) is 1. The molecule has 0 aliphatic carbocycles. The van der Waals surface area contributed by atoms with Gasteiger partial charge < -0.3 is 10.3 Å². The van der Waals surface area contributed by atoms with E-state index in [1.165, 1.54) is 12.1 Å². The number of hydrogen-bond donors (Lipinski definition) is 2. The Morgan fingerprint density at radius 1 is 1.43 bits per heavy atom. The summed E-state index contributed by atoms with van der Waals surface area (Å²) in [5.74, 6) is 0.694. The van der Waals surface area contributed by atoms with Crippen molar-refractivity contribution in [2.45, 2.75) is 18.2 Å². The van der Waals surface area contributed by atoms with Crippen LogP contribution >= 0.6 is 11.6 Å². The molecule has 1 aromatic heterocycles. The standard InChI is InChI=1S/C12H16ClN5O2S/c1-8-10(13)5-9(6-11(8)14)21(19,20)16-4-3-12-17-15-7-18(12)2/h5-7,16H,3-4,14H2,1-2H3. The van der Waals surface area contributed by atoms with Gasteiger partial charge in [0.1, 0.15) is 12.2 Å². The Balaban J connectivity index is 2.10. The Hall–Kier alpha value is -1.64. The summed E-state index contributed by atoms with van der Waals surface area (Å²) in [7, 11) is -1.86. The molecule has 3 N–H and O–H groups in total. The minimum atomic E-state index is -3.66. The molecule has 1 heterocycles. The van der Waals surface area contributed by atoms with Gasteiger partial charge in [-0.1, -0.05) is 11.6 Å². The van der Waals surface area contributed by atoms with Crippen molar-refractivity contribution < 1.29 is 8.42 Å². The van der Waals surface area contributed by atoms with E-state index in [0.717, 1.165) is 0 Å². The minimum absolute atomic E-state index is 0.0496. The summed E-state index contributed by atoms with van der Waals surface area (Å²) in [5.41, 5.74) is 6.75. The minimum Gasteiger partial charge on any atom is -0.398 e. The van der Waals surface area contributed by atoms with Crippen molar-refractivity contribution in [2.24, 2.45) is 7.05 Å². The zero-order chi connectivity index (χ0) is 15.6. The topological polar surface area (TPSA) is 103 Å². The van der Waals surface area contributed by atoms with Gasteiger partial charge in [0.25, 0.3) is 0 Å². The molecular weight excluding hydrogens is 314 g/mol. The predicted molar refractivity (Wildman–Crippen MR) is 80.5 cm³/mol. The first kappa shape index (κ1) is 15.7. The van der Waals surface area contributed by atoms with Gasteiger partial charge in [0.05, 0.1) is 4.90 Å². The summed E-state index contributed by atoms with van der Waals surface area (Å²) in [5, 5.41) is 7.94. The van der Waals surface area contributed by atoms with E-state index in [4.69, 9.17) is 17.3 Å². The first-order valence-electron chi connectivity index (χ1n) is 6.19. The highest BCUT2D eigenvalue weighted by Crippen LogP contribution is 2.25. The number of nitrogens with two attached hydrogens (primary N) is 1. The van der Waals surface area contributed by atoms with Crippen LogP contribution in [0, 0.1) is 6.92 Å². The van der Waals surface area contributed by atoms with Crippen molar-refractivity contribution in [1.82, 2.24) is 19.5 Å². The molecule has 114 valence electrons. The number of nitrogen functional groups attached to an aromatic ring is 1. The lowest BCUT2D eigenvalue weighted by Gasteiger charge is -2.10. The number of halogens is 1. The Bertz CT molecular complexity index is 734. The van der Waals surface area contributed by atoms with Crippen LogP contribution in [0.5, 0.6) is 0 Å². The molecule has 0 unspecified atom stereocenters. The van der Waals surface area contributed by atoms with E-state index in [9.17, 15) is 8.42 Å². The molecule has 0 fully saturated rings. The van der Waals surface area contributed by atoms with E-state index in [-0.39, 0.29) is 11.4 Å². The van der Waals surface area contributed by atoms with Gasteiger partial charge in [-0.15, -0.1) is 10.2 Å². The summed E-state index contributed by atoms with van der Waals surface area (Å²) >= 11 is 5.97. The van der Waals surface area contributed by atoms with Gasteiger partial charge in [0.2, 0.25) is 10.0 Å². The zero-order valence-corrected chi connectivity index (χ0v) is 13.2. The van der Waals surface area contributed by atoms with Crippen LogP contribution < -0.4 is 10.5 Å². The van der Waals surface area contributed by atoms with Crippen molar-refractivity contribution >= 4 is 27.3 Å². The monoisotopic (exact) mass is 329 g/mol. The molecule has 0 spiro atoms.